The second-order valence-electron chi connectivity index (χ2n) is 6.55. The average molecular weight is 289 g/mol. The van der Waals surface area contributed by atoms with Gasteiger partial charge in [-0.1, -0.05) is 0 Å². The van der Waals surface area contributed by atoms with Crippen LogP contribution in [0.4, 0.5) is 0 Å². The van der Waals surface area contributed by atoms with Gasteiger partial charge in [0.05, 0.1) is 4.75 Å². The van der Waals surface area contributed by atoms with Gasteiger partial charge in [-0.3, -0.25) is 0 Å². The topological polar surface area (TPSA) is 52.6 Å². The van der Waals surface area contributed by atoms with Crippen LogP contribution in [0.2, 0.25) is 0 Å². The summed E-state index contributed by atoms with van der Waals surface area (Å²) in [7, 11) is -1.06. The predicted molar refractivity (Wildman–Crippen MR) is 77.7 cm³/mol. The van der Waals surface area contributed by atoms with Crippen molar-refractivity contribution in [3.05, 3.63) is 0 Å². The lowest BCUT2D eigenvalue weighted by atomic mass is 9.97. The highest BCUT2D eigenvalue weighted by molar-refractivity contribution is 7.90. The normalized spacial score (nSPS) is 30.1. The molecule has 2 rings (SSSR count). The molecule has 0 spiro atoms. The van der Waals surface area contributed by atoms with Crippen LogP contribution in [0.5, 0.6) is 0 Å². The molecule has 0 amide bonds. The molecule has 0 atom stereocenters. The van der Waals surface area contributed by atoms with Crippen LogP contribution in [0.3, 0.4) is 0 Å². The molecular weight excluding hydrogens is 262 g/mol. The van der Waals surface area contributed by atoms with Crippen molar-refractivity contribution in [2.24, 2.45) is 5.92 Å². The fourth-order valence-corrected chi connectivity index (χ4v) is 4.60. The Balaban J connectivity index is 2.05. The smallest absolute Gasteiger partial charge is 0.220 e. The number of nitrogens with one attached hydrogen (secondary N) is 1. The summed E-state index contributed by atoms with van der Waals surface area (Å²) in [6.07, 6.45) is 2.22. The van der Waals surface area contributed by atoms with E-state index in [9.17, 15) is 8.42 Å². The van der Waals surface area contributed by atoms with Crippen LogP contribution in [0.15, 0.2) is 0 Å². The first kappa shape index (κ1) is 15.2. The summed E-state index contributed by atoms with van der Waals surface area (Å²) < 4.78 is 26.4. The second-order valence-corrected chi connectivity index (χ2v) is 9.12. The van der Waals surface area contributed by atoms with Crippen molar-refractivity contribution in [3.8, 4) is 0 Å². The Hall–Kier alpha value is -0.170. The first-order valence-electron chi connectivity index (χ1n) is 7.22. The zero-order chi connectivity index (χ0) is 14.1. The van der Waals surface area contributed by atoms with Crippen LogP contribution < -0.4 is 5.32 Å². The molecule has 0 saturated carbocycles. The number of hydrogen-bond acceptors (Lipinski definition) is 4. The summed E-state index contributed by atoms with van der Waals surface area (Å²) in [5.41, 5.74) is 0. The molecule has 2 aliphatic rings. The summed E-state index contributed by atoms with van der Waals surface area (Å²) in [6, 6.07) is 0. The summed E-state index contributed by atoms with van der Waals surface area (Å²) in [6.45, 7) is 8.42. The minimum Gasteiger partial charge on any atom is -0.314 e. The van der Waals surface area contributed by atoms with Crippen molar-refractivity contribution in [2.45, 2.75) is 31.4 Å². The molecule has 5 nitrogen and oxygen atoms in total. The van der Waals surface area contributed by atoms with E-state index >= 15 is 0 Å². The second kappa shape index (κ2) is 5.68. The molecule has 2 fully saturated rings. The zero-order valence-corrected chi connectivity index (χ0v) is 13.2. The molecule has 6 heteroatoms. The van der Waals surface area contributed by atoms with Gasteiger partial charge in [0.15, 0.2) is 0 Å². The minimum absolute atomic E-state index is 0.514. The largest absolute Gasteiger partial charge is 0.314 e. The number of nitrogens with zero attached hydrogens (tertiary/aromatic N) is 2. The molecule has 0 aromatic heterocycles. The Morgan fingerprint density at radius 1 is 1.21 bits per heavy atom. The Morgan fingerprint density at radius 2 is 1.84 bits per heavy atom. The highest BCUT2D eigenvalue weighted by Gasteiger charge is 2.41. The molecule has 2 heterocycles. The third-order valence-electron chi connectivity index (χ3n) is 4.43. The maximum atomic E-state index is 12.7. The van der Waals surface area contributed by atoms with Gasteiger partial charge in [-0.25, -0.2) is 8.42 Å². The fourth-order valence-electron chi connectivity index (χ4n) is 2.88. The molecule has 1 N–H and O–H groups in total. The van der Waals surface area contributed by atoms with Crippen LogP contribution >= 0.6 is 0 Å². The van der Waals surface area contributed by atoms with Crippen molar-refractivity contribution in [1.82, 2.24) is 14.5 Å². The van der Waals surface area contributed by atoms with E-state index in [0.717, 1.165) is 32.5 Å². The van der Waals surface area contributed by atoms with Crippen molar-refractivity contribution >= 4 is 10.0 Å². The SMILES string of the molecule is CN1CCC(CN2CCNCC(C)(C)S2(=O)=O)CC1. The monoisotopic (exact) mass is 289 g/mol. The van der Waals surface area contributed by atoms with Crippen LogP contribution in [0.25, 0.3) is 0 Å². The fraction of sp³-hybridized carbons (Fsp3) is 1.00. The molecule has 0 aromatic carbocycles. The molecule has 2 saturated heterocycles. The highest BCUT2D eigenvalue weighted by Crippen LogP contribution is 2.25. The zero-order valence-electron chi connectivity index (χ0n) is 12.4. The average Bonchev–Trinajstić information content (AvgIpc) is 2.43. The maximum Gasteiger partial charge on any atom is 0.220 e. The molecule has 0 aromatic rings. The Bertz CT molecular complexity index is 400. The Morgan fingerprint density at radius 3 is 2.47 bits per heavy atom. The van der Waals surface area contributed by atoms with Gasteiger partial charge in [0.25, 0.3) is 0 Å². The van der Waals surface area contributed by atoms with Gasteiger partial charge in [0, 0.05) is 26.2 Å². The predicted octanol–water partition coefficient (Wildman–Crippen LogP) is 0.342. The third kappa shape index (κ3) is 3.29. The summed E-state index contributed by atoms with van der Waals surface area (Å²) in [4.78, 5) is 2.32. The van der Waals surface area contributed by atoms with Gasteiger partial charge in [0.1, 0.15) is 0 Å². The van der Waals surface area contributed by atoms with E-state index < -0.39 is 14.8 Å². The number of likely N-dealkylation sites (tertiary alicyclic amines) is 1. The van der Waals surface area contributed by atoms with E-state index in [-0.39, 0.29) is 0 Å². The summed E-state index contributed by atoms with van der Waals surface area (Å²) in [5, 5.41) is 3.24. The summed E-state index contributed by atoms with van der Waals surface area (Å²) in [5.74, 6) is 0.514. The van der Waals surface area contributed by atoms with Crippen molar-refractivity contribution in [2.75, 3.05) is 46.3 Å². The molecule has 0 unspecified atom stereocenters. The first-order valence-corrected chi connectivity index (χ1v) is 8.66. The lowest BCUT2D eigenvalue weighted by Gasteiger charge is -2.34. The van der Waals surface area contributed by atoms with Crippen molar-refractivity contribution in [1.29, 1.82) is 0 Å². The minimum atomic E-state index is -3.19. The lowest BCUT2D eigenvalue weighted by molar-refractivity contribution is 0.196. The van der Waals surface area contributed by atoms with E-state index in [4.69, 9.17) is 0 Å². The number of rotatable bonds is 2. The van der Waals surface area contributed by atoms with Crippen LogP contribution in [-0.2, 0) is 10.0 Å². The third-order valence-corrected chi connectivity index (χ3v) is 6.98. The number of sulfonamides is 1. The standard InChI is InChI=1S/C13H27N3O2S/c1-13(2)11-14-6-9-16(19(13,17)18)10-12-4-7-15(3)8-5-12/h12,14H,4-11H2,1-3H3. The molecular formula is C13H27N3O2S. The highest BCUT2D eigenvalue weighted by atomic mass is 32.2. The van der Waals surface area contributed by atoms with E-state index in [1.165, 1.54) is 0 Å². The molecule has 0 bridgehead atoms. The van der Waals surface area contributed by atoms with Crippen LogP contribution in [0.1, 0.15) is 26.7 Å². The van der Waals surface area contributed by atoms with Gasteiger partial charge >= 0.3 is 0 Å². The number of hydrogen-bond donors (Lipinski definition) is 1. The molecule has 112 valence electrons. The van der Waals surface area contributed by atoms with E-state index in [0.29, 0.717) is 25.6 Å². The molecule has 0 radical (unpaired) electrons. The van der Waals surface area contributed by atoms with Crippen molar-refractivity contribution in [3.63, 3.8) is 0 Å². The van der Waals surface area contributed by atoms with E-state index in [1.807, 2.05) is 13.8 Å². The lowest BCUT2D eigenvalue weighted by Crippen LogP contribution is -2.48. The van der Waals surface area contributed by atoms with E-state index in [1.54, 1.807) is 4.31 Å². The molecule has 2 aliphatic heterocycles. The van der Waals surface area contributed by atoms with Crippen LogP contribution in [-0.4, -0.2) is 68.7 Å². The summed E-state index contributed by atoms with van der Waals surface area (Å²) >= 11 is 0. The van der Waals surface area contributed by atoms with Crippen LogP contribution in [0, 0.1) is 5.92 Å². The van der Waals surface area contributed by atoms with Gasteiger partial charge in [-0.05, 0) is 52.7 Å². The van der Waals surface area contributed by atoms with Gasteiger partial charge in [-0.2, -0.15) is 4.31 Å². The Kier molecular flexibility index (Phi) is 4.55. The van der Waals surface area contributed by atoms with Crippen molar-refractivity contribution < 1.29 is 8.42 Å². The quantitative estimate of drug-likeness (QED) is 0.796. The van der Waals surface area contributed by atoms with Gasteiger partial charge < -0.3 is 10.2 Å². The molecule has 19 heavy (non-hydrogen) atoms. The first-order chi connectivity index (χ1) is 8.83. The van der Waals surface area contributed by atoms with E-state index in [2.05, 4.69) is 17.3 Å². The molecule has 0 aliphatic carbocycles. The van der Waals surface area contributed by atoms with Gasteiger partial charge in [0.2, 0.25) is 10.0 Å². The van der Waals surface area contributed by atoms with Gasteiger partial charge in [-0.15, -0.1) is 0 Å². The maximum absolute atomic E-state index is 12.7. The Labute approximate surface area is 117 Å². The number of piperidine rings is 1.